The lowest BCUT2D eigenvalue weighted by atomic mass is 9.94. The molecule has 20 heavy (non-hydrogen) atoms. The number of rotatable bonds is 8. The van der Waals surface area contributed by atoms with Gasteiger partial charge in [0.05, 0.1) is 19.1 Å². The molecule has 116 valence electrons. The second kappa shape index (κ2) is 7.59. The van der Waals surface area contributed by atoms with E-state index in [0.29, 0.717) is 26.1 Å². The summed E-state index contributed by atoms with van der Waals surface area (Å²) in [4.78, 5) is 23.7. The summed E-state index contributed by atoms with van der Waals surface area (Å²) in [6.45, 7) is 7.17. The summed E-state index contributed by atoms with van der Waals surface area (Å²) < 4.78 is 5.35. The Morgan fingerprint density at radius 2 is 2.00 bits per heavy atom. The topological polar surface area (TPSA) is 87.7 Å². The molecule has 0 aliphatic carbocycles. The molecule has 0 aromatic carbocycles. The van der Waals surface area contributed by atoms with E-state index in [9.17, 15) is 14.7 Å². The van der Waals surface area contributed by atoms with Crippen molar-refractivity contribution >= 4 is 11.9 Å². The first-order valence-corrected chi connectivity index (χ1v) is 7.31. The second-order valence-corrected chi connectivity index (χ2v) is 5.58. The van der Waals surface area contributed by atoms with Gasteiger partial charge in [-0.1, -0.05) is 20.3 Å². The molecule has 1 aliphatic rings. The fourth-order valence-electron chi connectivity index (χ4n) is 2.43. The van der Waals surface area contributed by atoms with E-state index < -0.39 is 11.5 Å². The Kier molecular flexibility index (Phi) is 6.42. The number of carbonyl (C=O) groups excluding carboxylic acids is 1. The first-order chi connectivity index (χ1) is 9.44. The minimum atomic E-state index is -1.20. The van der Waals surface area contributed by atoms with Gasteiger partial charge in [0.1, 0.15) is 5.54 Å². The van der Waals surface area contributed by atoms with Crippen LogP contribution in [0.25, 0.3) is 0 Å². The minimum Gasteiger partial charge on any atom is -0.480 e. The van der Waals surface area contributed by atoms with Gasteiger partial charge in [0.2, 0.25) is 5.91 Å². The highest BCUT2D eigenvalue weighted by Gasteiger charge is 2.39. The largest absolute Gasteiger partial charge is 0.480 e. The summed E-state index contributed by atoms with van der Waals surface area (Å²) in [6.07, 6.45) is 2.09. The number of ether oxygens (including phenoxy) is 1. The summed E-state index contributed by atoms with van der Waals surface area (Å²) in [5, 5.41) is 15.3. The van der Waals surface area contributed by atoms with Gasteiger partial charge in [-0.3, -0.25) is 4.79 Å². The maximum absolute atomic E-state index is 12.3. The van der Waals surface area contributed by atoms with Crippen molar-refractivity contribution in [2.24, 2.45) is 5.92 Å². The maximum Gasteiger partial charge on any atom is 0.329 e. The monoisotopic (exact) mass is 286 g/mol. The lowest BCUT2D eigenvalue weighted by Crippen LogP contribution is -2.56. The van der Waals surface area contributed by atoms with Crippen LogP contribution in [0.1, 0.15) is 40.0 Å². The zero-order chi connectivity index (χ0) is 15.2. The standard InChI is InChI=1S/C14H26N2O4/c1-4-6-14(3,13(18)19)16-12(17)10-8-20-9-11(10)15-7-5-2/h10-11,15H,4-9H2,1-3H3,(H,16,17)(H,18,19). The Bertz CT molecular complexity index is 348. The van der Waals surface area contributed by atoms with Crippen molar-refractivity contribution in [3.05, 3.63) is 0 Å². The van der Waals surface area contributed by atoms with Crippen LogP contribution in [-0.4, -0.2) is 48.3 Å². The molecule has 1 aliphatic heterocycles. The number of amides is 1. The molecule has 1 heterocycles. The van der Waals surface area contributed by atoms with Gasteiger partial charge in [-0.2, -0.15) is 0 Å². The van der Waals surface area contributed by atoms with Crippen LogP contribution in [0.5, 0.6) is 0 Å². The molecule has 0 saturated carbocycles. The Hall–Kier alpha value is -1.14. The molecule has 1 amide bonds. The Labute approximate surface area is 120 Å². The SMILES string of the molecule is CCCNC1COCC1C(=O)NC(C)(CCC)C(=O)O. The van der Waals surface area contributed by atoms with E-state index in [2.05, 4.69) is 17.6 Å². The Morgan fingerprint density at radius 3 is 2.55 bits per heavy atom. The quantitative estimate of drug-likeness (QED) is 0.613. The molecule has 3 atom stereocenters. The summed E-state index contributed by atoms with van der Waals surface area (Å²) >= 11 is 0. The van der Waals surface area contributed by atoms with Crippen LogP contribution in [0, 0.1) is 5.92 Å². The highest BCUT2D eigenvalue weighted by Crippen LogP contribution is 2.18. The predicted octanol–water partition coefficient (Wildman–Crippen LogP) is 0.761. The molecule has 0 aromatic rings. The van der Waals surface area contributed by atoms with Crippen molar-refractivity contribution in [3.63, 3.8) is 0 Å². The van der Waals surface area contributed by atoms with Crippen LogP contribution in [0.4, 0.5) is 0 Å². The zero-order valence-electron chi connectivity index (χ0n) is 12.6. The third-order valence-corrected chi connectivity index (χ3v) is 3.69. The predicted molar refractivity (Wildman–Crippen MR) is 75.5 cm³/mol. The molecule has 0 bridgehead atoms. The van der Waals surface area contributed by atoms with E-state index in [1.807, 2.05) is 6.92 Å². The number of carboxylic acids is 1. The third kappa shape index (κ3) is 4.18. The molecule has 1 rings (SSSR count). The molecule has 0 spiro atoms. The summed E-state index contributed by atoms with van der Waals surface area (Å²) in [5.74, 6) is -1.56. The number of aliphatic carboxylic acids is 1. The van der Waals surface area contributed by atoms with Crippen molar-refractivity contribution in [2.75, 3.05) is 19.8 Å². The molecular formula is C14H26N2O4. The van der Waals surface area contributed by atoms with Crippen molar-refractivity contribution in [3.8, 4) is 0 Å². The minimum absolute atomic E-state index is 0.0328. The van der Waals surface area contributed by atoms with Gasteiger partial charge in [0.25, 0.3) is 0 Å². The molecule has 0 radical (unpaired) electrons. The van der Waals surface area contributed by atoms with E-state index in [4.69, 9.17) is 4.74 Å². The van der Waals surface area contributed by atoms with Gasteiger partial charge in [0.15, 0.2) is 0 Å². The second-order valence-electron chi connectivity index (χ2n) is 5.58. The van der Waals surface area contributed by atoms with E-state index in [0.717, 1.165) is 13.0 Å². The zero-order valence-corrected chi connectivity index (χ0v) is 12.6. The van der Waals surface area contributed by atoms with E-state index in [-0.39, 0.29) is 17.9 Å². The molecule has 1 fully saturated rings. The van der Waals surface area contributed by atoms with Crippen LogP contribution < -0.4 is 10.6 Å². The van der Waals surface area contributed by atoms with Gasteiger partial charge in [-0.05, 0) is 26.3 Å². The fraction of sp³-hybridized carbons (Fsp3) is 0.857. The van der Waals surface area contributed by atoms with Crippen molar-refractivity contribution in [1.29, 1.82) is 0 Å². The maximum atomic E-state index is 12.3. The average Bonchev–Trinajstić information content (AvgIpc) is 2.84. The lowest BCUT2D eigenvalue weighted by molar-refractivity contribution is -0.148. The van der Waals surface area contributed by atoms with Gasteiger partial charge in [-0.25, -0.2) is 4.79 Å². The number of carboxylic acid groups (broad SMARTS) is 1. The van der Waals surface area contributed by atoms with Crippen molar-refractivity contribution < 1.29 is 19.4 Å². The van der Waals surface area contributed by atoms with Crippen molar-refractivity contribution in [1.82, 2.24) is 10.6 Å². The number of carbonyl (C=O) groups is 2. The van der Waals surface area contributed by atoms with Crippen LogP contribution in [0.15, 0.2) is 0 Å². The molecule has 6 heteroatoms. The Balaban J connectivity index is 2.66. The first kappa shape index (κ1) is 16.9. The summed E-state index contributed by atoms with van der Waals surface area (Å²) in [5.41, 5.74) is -1.20. The highest BCUT2D eigenvalue weighted by molar-refractivity contribution is 5.88. The van der Waals surface area contributed by atoms with Gasteiger partial charge in [-0.15, -0.1) is 0 Å². The van der Waals surface area contributed by atoms with E-state index in [1.165, 1.54) is 0 Å². The van der Waals surface area contributed by atoms with Gasteiger partial charge >= 0.3 is 5.97 Å². The average molecular weight is 286 g/mol. The molecule has 6 nitrogen and oxygen atoms in total. The first-order valence-electron chi connectivity index (χ1n) is 7.31. The molecular weight excluding hydrogens is 260 g/mol. The molecule has 1 saturated heterocycles. The van der Waals surface area contributed by atoms with Crippen LogP contribution >= 0.6 is 0 Å². The van der Waals surface area contributed by atoms with Crippen LogP contribution in [-0.2, 0) is 14.3 Å². The highest BCUT2D eigenvalue weighted by atomic mass is 16.5. The smallest absolute Gasteiger partial charge is 0.329 e. The van der Waals surface area contributed by atoms with Crippen LogP contribution in [0.2, 0.25) is 0 Å². The van der Waals surface area contributed by atoms with Gasteiger partial charge in [0, 0.05) is 6.04 Å². The number of hydrogen-bond donors (Lipinski definition) is 3. The Morgan fingerprint density at radius 1 is 1.30 bits per heavy atom. The summed E-state index contributed by atoms with van der Waals surface area (Å²) in [7, 11) is 0. The van der Waals surface area contributed by atoms with E-state index >= 15 is 0 Å². The third-order valence-electron chi connectivity index (χ3n) is 3.69. The summed E-state index contributed by atoms with van der Waals surface area (Å²) in [6, 6.07) is -0.0328. The molecule has 3 unspecified atom stereocenters. The van der Waals surface area contributed by atoms with Gasteiger partial charge < -0.3 is 20.5 Å². The fourth-order valence-corrected chi connectivity index (χ4v) is 2.43. The molecule has 3 N–H and O–H groups in total. The van der Waals surface area contributed by atoms with E-state index in [1.54, 1.807) is 6.92 Å². The number of hydrogen-bond acceptors (Lipinski definition) is 4. The normalized spacial score (nSPS) is 25.1. The van der Waals surface area contributed by atoms with Crippen LogP contribution in [0.3, 0.4) is 0 Å². The molecule has 0 aromatic heterocycles. The van der Waals surface area contributed by atoms with Crippen molar-refractivity contribution in [2.45, 2.75) is 51.6 Å². The lowest BCUT2D eigenvalue weighted by Gasteiger charge is -2.28. The number of nitrogens with one attached hydrogen (secondary N) is 2.